The first-order valence-corrected chi connectivity index (χ1v) is 5.16. The van der Waals surface area contributed by atoms with Gasteiger partial charge in [-0.2, -0.15) is 5.10 Å². The van der Waals surface area contributed by atoms with E-state index < -0.39 is 6.10 Å². The maximum absolute atomic E-state index is 11.9. The van der Waals surface area contributed by atoms with Crippen LogP contribution in [-0.4, -0.2) is 28.8 Å². The van der Waals surface area contributed by atoms with Gasteiger partial charge in [0.15, 0.2) is 0 Å². The van der Waals surface area contributed by atoms with E-state index in [2.05, 4.69) is 5.10 Å². The van der Waals surface area contributed by atoms with Gasteiger partial charge in [-0.3, -0.25) is 9.48 Å². The molecule has 0 aromatic carbocycles. The number of Topliss-reactive ketones (excluding diaryl/α,β-unsaturated/α-hetero) is 1. The van der Waals surface area contributed by atoms with Crippen LogP contribution in [0.25, 0.3) is 0 Å². The van der Waals surface area contributed by atoms with Gasteiger partial charge in [0.05, 0.1) is 11.2 Å². The van der Waals surface area contributed by atoms with Gasteiger partial charge >= 0.3 is 0 Å². The predicted molar refractivity (Wildman–Crippen MR) is 58.4 cm³/mol. The minimum absolute atomic E-state index is 0.0977. The topological polar surface area (TPSA) is 44.1 Å². The van der Waals surface area contributed by atoms with Crippen LogP contribution in [-0.2, 0) is 4.74 Å². The van der Waals surface area contributed by atoms with Crippen molar-refractivity contribution < 1.29 is 9.53 Å². The molecule has 0 aliphatic heterocycles. The van der Waals surface area contributed by atoms with Crippen LogP contribution in [0.5, 0.6) is 0 Å². The summed E-state index contributed by atoms with van der Waals surface area (Å²) in [7, 11) is 1.49. The molecule has 1 rings (SSSR count). The summed E-state index contributed by atoms with van der Waals surface area (Å²) >= 11 is 5.93. The Morgan fingerprint density at radius 3 is 2.60 bits per heavy atom. The monoisotopic (exact) mass is 230 g/mol. The highest BCUT2D eigenvalue weighted by Gasteiger charge is 2.23. The molecule has 1 unspecified atom stereocenters. The van der Waals surface area contributed by atoms with Crippen molar-refractivity contribution in [1.29, 1.82) is 0 Å². The fraction of sp³-hybridized carbons (Fsp3) is 0.600. The molecule has 15 heavy (non-hydrogen) atoms. The number of aromatic nitrogens is 2. The van der Waals surface area contributed by atoms with Crippen LogP contribution in [0, 0.1) is 0 Å². The van der Waals surface area contributed by atoms with Gasteiger partial charge in [0.25, 0.3) is 0 Å². The third-order valence-corrected chi connectivity index (χ3v) is 2.47. The Morgan fingerprint density at radius 1 is 1.53 bits per heavy atom. The lowest BCUT2D eigenvalue weighted by atomic mass is 10.2. The van der Waals surface area contributed by atoms with Gasteiger partial charge in [-0.15, -0.1) is 0 Å². The number of rotatable bonds is 4. The molecule has 0 N–H and O–H groups in total. The zero-order valence-corrected chi connectivity index (χ0v) is 10.1. The molecule has 1 atom stereocenters. The zero-order valence-electron chi connectivity index (χ0n) is 9.32. The molecule has 0 saturated heterocycles. The molecule has 5 heteroatoms. The average Bonchev–Trinajstić information content (AvgIpc) is 2.58. The quantitative estimate of drug-likeness (QED) is 0.746. The largest absolute Gasteiger partial charge is 0.374 e. The van der Waals surface area contributed by atoms with E-state index in [9.17, 15) is 4.79 Å². The summed E-state index contributed by atoms with van der Waals surface area (Å²) in [5.41, 5.74) is 0.418. The van der Waals surface area contributed by atoms with E-state index >= 15 is 0 Å². The predicted octanol–water partition coefficient (Wildman–Crippen LogP) is 2.33. The van der Waals surface area contributed by atoms with E-state index in [1.54, 1.807) is 11.6 Å². The maximum atomic E-state index is 11.9. The molecule has 84 valence electrons. The summed E-state index contributed by atoms with van der Waals surface area (Å²) in [6.07, 6.45) is 0.980. The minimum atomic E-state index is -0.503. The van der Waals surface area contributed by atoms with Crippen LogP contribution in [0.3, 0.4) is 0 Å². The minimum Gasteiger partial charge on any atom is -0.374 e. The Bertz CT molecular complexity index is 360. The fourth-order valence-electron chi connectivity index (χ4n) is 1.26. The van der Waals surface area contributed by atoms with E-state index in [0.717, 1.165) is 0 Å². The van der Waals surface area contributed by atoms with Gasteiger partial charge in [0, 0.05) is 13.2 Å². The molecular formula is C10H15ClN2O2. The molecule has 0 amide bonds. The second-order valence-corrected chi connectivity index (χ2v) is 4.03. The summed E-state index contributed by atoms with van der Waals surface area (Å²) in [6, 6.07) is 0.0977. The van der Waals surface area contributed by atoms with Crippen molar-refractivity contribution in [1.82, 2.24) is 9.78 Å². The fourth-order valence-corrected chi connectivity index (χ4v) is 1.49. The number of hydrogen-bond donors (Lipinski definition) is 0. The van der Waals surface area contributed by atoms with Crippen LogP contribution < -0.4 is 0 Å². The first-order valence-electron chi connectivity index (χ1n) is 4.79. The summed E-state index contributed by atoms with van der Waals surface area (Å²) in [4.78, 5) is 11.9. The smallest absolute Gasteiger partial charge is 0.210 e. The number of carbonyl (C=O) groups excluding carboxylic acids is 1. The van der Waals surface area contributed by atoms with Gasteiger partial charge in [-0.05, 0) is 20.8 Å². The Labute approximate surface area is 94.2 Å². The first kappa shape index (κ1) is 12.2. The van der Waals surface area contributed by atoms with E-state index in [1.807, 2.05) is 13.8 Å². The summed E-state index contributed by atoms with van der Waals surface area (Å²) in [6.45, 7) is 5.57. The molecule has 1 aromatic rings. The number of ketones is 1. The first-order chi connectivity index (χ1) is 6.99. The lowest BCUT2D eigenvalue weighted by Gasteiger charge is -2.13. The molecule has 0 saturated carbocycles. The van der Waals surface area contributed by atoms with Gasteiger partial charge in [-0.1, -0.05) is 11.6 Å². The molecule has 0 aliphatic rings. The number of nitrogens with zero attached hydrogens (tertiary/aromatic N) is 2. The molecule has 0 fully saturated rings. The standard InChI is InChI=1S/C10H15ClN2O2/c1-6(2)13-9(8(11)5-12-13)10(14)7(3)15-4/h5-7H,1-4H3. The van der Waals surface area contributed by atoms with Gasteiger partial charge in [0.1, 0.15) is 11.8 Å². The zero-order chi connectivity index (χ0) is 11.6. The summed E-state index contributed by atoms with van der Waals surface area (Å²) in [5, 5.41) is 4.43. The highest BCUT2D eigenvalue weighted by atomic mass is 35.5. The van der Waals surface area contributed by atoms with E-state index in [-0.39, 0.29) is 11.8 Å². The molecule has 0 bridgehead atoms. The van der Waals surface area contributed by atoms with Crippen LogP contribution in [0.4, 0.5) is 0 Å². The molecule has 1 heterocycles. The lowest BCUT2D eigenvalue weighted by molar-refractivity contribution is 0.0643. The summed E-state index contributed by atoms with van der Waals surface area (Å²) in [5.74, 6) is -0.145. The van der Waals surface area contributed by atoms with E-state index in [1.165, 1.54) is 13.3 Å². The lowest BCUT2D eigenvalue weighted by Crippen LogP contribution is -2.23. The van der Waals surface area contributed by atoms with Crippen molar-refractivity contribution in [2.24, 2.45) is 0 Å². The number of ether oxygens (including phenoxy) is 1. The Hall–Kier alpha value is -0.870. The van der Waals surface area contributed by atoms with Crippen molar-refractivity contribution in [2.75, 3.05) is 7.11 Å². The van der Waals surface area contributed by atoms with Crippen molar-refractivity contribution in [3.8, 4) is 0 Å². The van der Waals surface area contributed by atoms with E-state index in [0.29, 0.717) is 10.7 Å². The van der Waals surface area contributed by atoms with Gasteiger partial charge < -0.3 is 4.74 Å². The molecule has 1 aromatic heterocycles. The molecule has 4 nitrogen and oxygen atoms in total. The van der Waals surface area contributed by atoms with Crippen LogP contribution in [0.15, 0.2) is 6.20 Å². The van der Waals surface area contributed by atoms with Crippen molar-refractivity contribution in [3.05, 3.63) is 16.9 Å². The van der Waals surface area contributed by atoms with E-state index in [4.69, 9.17) is 16.3 Å². The SMILES string of the molecule is COC(C)C(=O)c1c(Cl)cnn1C(C)C. The van der Waals surface area contributed by atoms with Crippen LogP contribution in [0.1, 0.15) is 37.3 Å². The van der Waals surface area contributed by atoms with Gasteiger partial charge in [-0.25, -0.2) is 0 Å². The Morgan fingerprint density at radius 2 is 2.13 bits per heavy atom. The van der Waals surface area contributed by atoms with Crippen molar-refractivity contribution in [3.63, 3.8) is 0 Å². The highest BCUT2D eigenvalue weighted by Crippen LogP contribution is 2.20. The third-order valence-electron chi connectivity index (χ3n) is 2.20. The third kappa shape index (κ3) is 2.38. The summed E-state index contributed by atoms with van der Waals surface area (Å²) < 4.78 is 6.59. The van der Waals surface area contributed by atoms with Crippen LogP contribution >= 0.6 is 11.6 Å². The van der Waals surface area contributed by atoms with Crippen molar-refractivity contribution >= 4 is 17.4 Å². The van der Waals surface area contributed by atoms with Gasteiger partial charge in [0.2, 0.25) is 5.78 Å². The average molecular weight is 231 g/mol. The Balaban J connectivity index is 3.12. The normalized spacial score (nSPS) is 13.2. The number of carbonyl (C=O) groups is 1. The molecule has 0 radical (unpaired) electrons. The van der Waals surface area contributed by atoms with Crippen LogP contribution in [0.2, 0.25) is 5.02 Å². The number of halogens is 1. The second-order valence-electron chi connectivity index (χ2n) is 3.62. The van der Waals surface area contributed by atoms with Crippen molar-refractivity contribution in [2.45, 2.75) is 32.9 Å². The number of methoxy groups -OCH3 is 1. The molecule has 0 aliphatic carbocycles. The second kappa shape index (κ2) is 4.77. The number of hydrogen-bond acceptors (Lipinski definition) is 3. The maximum Gasteiger partial charge on any atom is 0.210 e. The molecule has 0 spiro atoms. The molecular weight excluding hydrogens is 216 g/mol. The highest BCUT2D eigenvalue weighted by molar-refractivity contribution is 6.33. The Kier molecular flexibility index (Phi) is 3.88.